The van der Waals surface area contributed by atoms with Gasteiger partial charge in [-0.1, -0.05) is 30.7 Å². The van der Waals surface area contributed by atoms with E-state index in [9.17, 15) is 4.79 Å². The Kier molecular flexibility index (Phi) is 4.40. The largest absolute Gasteiger partial charge is 0.335 e. The van der Waals surface area contributed by atoms with Crippen molar-refractivity contribution in [1.82, 2.24) is 20.0 Å². The van der Waals surface area contributed by atoms with Gasteiger partial charge in [0.05, 0.1) is 11.7 Å². The number of amides is 1. The first-order chi connectivity index (χ1) is 13.7. The maximum absolute atomic E-state index is 13.0. The monoisotopic (exact) mass is 374 g/mol. The number of hydrogen-bond acceptors (Lipinski definition) is 3. The van der Waals surface area contributed by atoms with Crippen LogP contribution in [-0.4, -0.2) is 57.6 Å². The number of fused-ring (bicyclic) bond motifs is 1. The van der Waals surface area contributed by atoms with Crippen molar-refractivity contribution in [2.24, 2.45) is 0 Å². The number of carbonyl (C=O) groups excluding carboxylic acids is 1. The fraction of sp³-hybridized carbons (Fsp3) is 0.391. The van der Waals surface area contributed by atoms with Crippen LogP contribution >= 0.6 is 0 Å². The second-order valence-corrected chi connectivity index (χ2v) is 8.20. The van der Waals surface area contributed by atoms with Crippen molar-refractivity contribution in [2.45, 2.75) is 38.3 Å². The molecule has 0 radical (unpaired) electrons. The molecule has 2 aliphatic rings. The van der Waals surface area contributed by atoms with Crippen molar-refractivity contribution in [3.05, 3.63) is 54.2 Å². The first kappa shape index (κ1) is 17.4. The van der Waals surface area contributed by atoms with Gasteiger partial charge in [-0.3, -0.25) is 14.8 Å². The van der Waals surface area contributed by atoms with Crippen LogP contribution < -0.4 is 0 Å². The third kappa shape index (κ3) is 3.10. The van der Waals surface area contributed by atoms with Gasteiger partial charge in [0.25, 0.3) is 5.91 Å². The molecule has 2 saturated heterocycles. The van der Waals surface area contributed by atoms with Crippen molar-refractivity contribution in [1.29, 1.82) is 0 Å². The van der Waals surface area contributed by atoms with Crippen LogP contribution in [0, 0.1) is 0 Å². The van der Waals surface area contributed by atoms with E-state index in [4.69, 9.17) is 0 Å². The zero-order chi connectivity index (χ0) is 19.1. The molecule has 3 heterocycles. The Morgan fingerprint density at radius 1 is 1.11 bits per heavy atom. The van der Waals surface area contributed by atoms with E-state index in [-0.39, 0.29) is 5.91 Å². The smallest absolute Gasteiger partial charge is 0.253 e. The molecule has 5 nitrogen and oxygen atoms in total. The summed E-state index contributed by atoms with van der Waals surface area (Å²) >= 11 is 0. The number of likely N-dealkylation sites (tertiary alicyclic amines) is 2. The zero-order valence-corrected chi connectivity index (χ0v) is 16.3. The first-order valence-corrected chi connectivity index (χ1v) is 10.3. The van der Waals surface area contributed by atoms with E-state index in [1.54, 1.807) is 0 Å². The summed E-state index contributed by atoms with van der Waals surface area (Å²) < 4.78 is 0. The van der Waals surface area contributed by atoms with Crippen LogP contribution in [0.1, 0.15) is 36.5 Å². The zero-order valence-electron chi connectivity index (χ0n) is 16.3. The van der Waals surface area contributed by atoms with Crippen LogP contribution in [0.4, 0.5) is 0 Å². The lowest BCUT2D eigenvalue weighted by molar-refractivity contribution is 0.00213. The summed E-state index contributed by atoms with van der Waals surface area (Å²) in [6.45, 7) is 5.21. The molecule has 28 heavy (non-hydrogen) atoms. The fourth-order valence-electron chi connectivity index (χ4n) is 4.62. The van der Waals surface area contributed by atoms with Crippen LogP contribution in [0.3, 0.4) is 0 Å². The molecule has 0 bridgehead atoms. The van der Waals surface area contributed by atoms with Gasteiger partial charge in [-0.15, -0.1) is 0 Å². The molecule has 2 fully saturated rings. The number of aromatic nitrogens is 2. The average molecular weight is 374 g/mol. The van der Waals surface area contributed by atoms with Gasteiger partial charge in [-0.25, -0.2) is 0 Å². The lowest BCUT2D eigenvalue weighted by Gasteiger charge is -2.49. The number of benzene rings is 2. The van der Waals surface area contributed by atoms with E-state index >= 15 is 0 Å². The molecule has 1 aromatic heterocycles. The van der Waals surface area contributed by atoms with E-state index in [1.165, 1.54) is 25.8 Å². The van der Waals surface area contributed by atoms with Gasteiger partial charge in [0, 0.05) is 36.1 Å². The highest BCUT2D eigenvalue weighted by Gasteiger charge is 2.37. The Labute approximate surface area is 165 Å². The predicted molar refractivity (Wildman–Crippen MR) is 111 cm³/mol. The molecule has 0 aliphatic carbocycles. The minimum absolute atomic E-state index is 0.144. The van der Waals surface area contributed by atoms with Gasteiger partial charge in [0.2, 0.25) is 0 Å². The van der Waals surface area contributed by atoms with Gasteiger partial charge in [0.15, 0.2) is 0 Å². The number of nitrogens with zero attached hydrogens (tertiary/aromatic N) is 3. The molecule has 0 saturated carbocycles. The quantitative estimate of drug-likeness (QED) is 0.756. The molecule has 2 aromatic carbocycles. The molecular formula is C23H26N4O. The topological polar surface area (TPSA) is 52.2 Å². The highest BCUT2D eigenvalue weighted by Crippen LogP contribution is 2.27. The Balaban J connectivity index is 1.30. The molecule has 1 N–H and O–H groups in total. The lowest BCUT2D eigenvalue weighted by Crippen LogP contribution is -2.63. The predicted octanol–water partition coefficient (Wildman–Crippen LogP) is 3.93. The molecule has 2 aliphatic heterocycles. The molecule has 144 valence electrons. The van der Waals surface area contributed by atoms with E-state index in [2.05, 4.69) is 46.3 Å². The summed E-state index contributed by atoms with van der Waals surface area (Å²) in [6, 6.07) is 15.4. The Morgan fingerprint density at radius 3 is 2.82 bits per heavy atom. The highest BCUT2D eigenvalue weighted by atomic mass is 16.2. The summed E-state index contributed by atoms with van der Waals surface area (Å²) in [5.74, 6) is 0.144. The summed E-state index contributed by atoms with van der Waals surface area (Å²) in [4.78, 5) is 17.6. The van der Waals surface area contributed by atoms with Crippen molar-refractivity contribution in [3.8, 4) is 11.1 Å². The number of aromatic amines is 1. The Morgan fingerprint density at radius 2 is 1.96 bits per heavy atom. The third-order valence-electron chi connectivity index (χ3n) is 6.36. The first-order valence-electron chi connectivity index (χ1n) is 10.3. The van der Waals surface area contributed by atoms with E-state index < -0.39 is 0 Å². The second kappa shape index (κ2) is 7.06. The standard InChI is InChI=1S/C23H26N4O/c1-16-5-2-3-10-27(16)21-14-26(15-21)23(28)19-7-4-6-17(11-19)18-8-9-20-13-24-25-22(20)12-18/h4,6-9,11-13,16,21H,2-3,5,10,14-15H2,1H3,(H,24,25)/t16-/m0/s1. The molecule has 1 atom stereocenters. The SMILES string of the molecule is C[C@H]1CCCCN1C1CN(C(=O)c2cccc(-c3ccc4cn[nH]c4c3)c2)C1. The third-order valence-corrected chi connectivity index (χ3v) is 6.36. The van der Waals surface area contributed by atoms with Gasteiger partial charge in [0.1, 0.15) is 0 Å². The maximum atomic E-state index is 13.0. The molecule has 0 spiro atoms. The molecule has 1 amide bonds. The molecule has 0 unspecified atom stereocenters. The van der Waals surface area contributed by atoms with Crippen LogP contribution in [0.25, 0.3) is 22.0 Å². The fourth-order valence-corrected chi connectivity index (χ4v) is 4.62. The Hall–Kier alpha value is -2.66. The van der Waals surface area contributed by atoms with Crippen LogP contribution in [-0.2, 0) is 0 Å². The van der Waals surface area contributed by atoms with Gasteiger partial charge in [-0.2, -0.15) is 5.10 Å². The molecule has 3 aromatic rings. The number of rotatable bonds is 3. The van der Waals surface area contributed by atoms with Crippen molar-refractivity contribution in [3.63, 3.8) is 0 Å². The number of piperidine rings is 1. The van der Waals surface area contributed by atoms with Crippen LogP contribution in [0.15, 0.2) is 48.7 Å². The van der Waals surface area contributed by atoms with E-state index in [0.717, 1.165) is 40.7 Å². The molecule has 5 heteroatoms. The summed E-state index contributed by atoms with van der Waals surface area (Å²) in [5.41, 5.74) is 3.93. The Bertz CT molecular complexity index is 1000. The van der Waals surface area contributed by atoms with Crippen molar-refractivity contribution in [2.75, 3.05) is 19.6 Å². The van der Waals surface area contributed by atoms with Crippen molar-refractivity contribution < 1.29 is 4.79 Å². The summed E-state index contributed by atoms with van der Waals surface area (Å²) in [6.07, 6.45) is 5.73. The molecular weight excluding hydrogens is 348 g/mol. The maximum Gasteiger partial charge on any atom is 0.253 e. The van der Waals surface area contributed by atoms with Crippen molar-refractivity contribution >= 4 is 16.8 Å². The van der Waals surface area contributed by atoms with Gasteiger partial charge >= 0.3 is 0 Å². The van der Waals surface area contributed by atoms with E-state index in [0.29, 0.717) is 12.1 Å². The minimum Gasteiger partial charge on any atom is -0.335 e. The average Bonchev–Trinajstić information content (AvgIpc) is 3.16. The van der Waals surface area contributed by atoms with E-state index in [1.807, 2.05) is 29.3 Å². The number of nitrogens with one attached hydrogen (secondary N) is 1. The second-order valence-electron chi connectivity index (χ2n) is 8.20. The van der Waals surface area contributed by atoms with Crippen LogP contribution in [0.5, 0.6) is 0 Å². The summed E-state index contributed by atoms with van der Waals surface area (Å²) in [7, 11) is 0. The molecule has 5 rings (SSSR count). The lowest BCUT2D eigenvalue weighted by atomic mass is 9.96. The number of hydrogen-bond donors (Lipinski definition) is 1. The minimum atomic E-state index is 0.144. The summed E-state index contributed by atoms with van der Waals surface area (Å²) in [5, 5.41) is 8.19. The van der Waals surface area contributed by atoms with Gasteiger partial charge < -0.3 is 4.90 Å². The highest BCUT2D eigenvalue weighted by molar-refractivity contribution is 5.96. The number of H-pyrrole nitrogens is 1. The van der Waals surface area contributed by atoms with Gasteiger partial charge in [-0.05, 0) is 55.6 Å². The van der Waals surface area contributed by atoms with Crippen LogP contribution in [0.2, 0.25) is 0 Å². The normalized spacial score (nSPS) is 21.0. The number of carbonyl (C=O) groups is 1.